The summed E-state index contributed by atoms with van der Waals surface area (Å²) in [5, 5.41) is 11.7. The molecule has 0 saturated heterocycles. The molecule has 0 unspecified atom stereocenters. The van der Waals surface area contributed by atoms with Crippen molar-refractivity contribution in [2.24, 2.45) is 10.7 Å². The zero-order chi connectivity index (χ0) is 26.2. The molecular weight excluding hydrogens is 436 g/mol. The first-order valence-electron chi connectivity index (χ1n) is 10.5. The minimum Gasteiger partial charge on any atom is -0.480 e. The van der Waals surface area contributed by atoms with Crippen molar-refractivity contribution in [3.05, 3.63) is 0 Å². The number of hydrogen-bond donors (Lipinski definition) is 3. The van der Waals surface area contributed by atoms with Crippen molar-refractivity contribution in [3.63, 3.8) is 0 Å². The predicted molar refractivity (Wildman–Crippen MR) is 121 cm³/mol. The molecular formula is C21H38N4O8. The first kappa shape index (κ1) is 29.9. The molecule has 0 aromatic rings. The Morgan fingerprint density at radius 3 is 1.82 bits per heavy atom. The number of alkyl carbamates (subject to hydrolysis) is 1. The van der Waals surface area contributed by atoms with E-state index in [4.69, 9.17) is 19.9 Å². The maximum absolute atomic E-state index is 12.6. The lowest BCUT2D eigenvalue weighted by Gasteiger charge is -2.27. The van der Waals surface area contributed by atoms with Gasteiger partial charge >= 0.3 is 24.2 Å². The zero-order valence-electron chi connectivity index (χ0n) is 21.0. The highest BCUT2D eigenvalue weighted by Gasteiger charge is 2.28. The van der Waals surface area contributed by atoms with Crippen molar-refractivity contribution in [3.8, 4) is 0 Å². The summed E-state index contributed by atoms with van der Waals surface area (Å²) in [6, 6.07) is -1.27. The molecule has 0 aliphatic carbocycles. The molecule has 190 valence electrons. The topological polar surface area (TPSA) is 170 Å². The average molecular weight is 475 g/mol. The Balaban J connectivity index is 5.39. The highest BCUT2D eigenvalue weighted by Crippen LogP contribution is 2.13. The van der Waals surface area contributed by atoms with Crippen molar-refractivity contribution in [2.75, 3.05) is 6.54 Å². The number of aliphatic carboxylic acids is 1. The Morgan fingerprint density at radius 2 is 1.39 bits per heavy atom. The molecule has 0 aromatic heterocycles. The molecule has 0 radical (unpaired) electrons. The second-order valence-electron chi connectivity index (χ2n) is 10.3. The van der Waals surface area contributed by atoms with E-state index in [0.717, 1.165) is 4.90 Å². The smallest absolute Gasteiger partial charge is 0.437 e. The van der Waals surface area contributed by atoms with E-state index in [-0.39, 0.29) is 19.4 Å². The Morgan fingerprint density at radius 1 is 0.909 bits per heavy atom. The predicted octanol–water partition coefficient (Wildman–Crippen LogP) is 3.23. The lowest BCUT2D eigenvalue weighted by atomic mass is 10.1. The van der Waals surface area contributed by atoms with Gasteiger partial charge < -0.3 is 30.4 Å². The third kappa shape index (κ3) is 14.6. The van der Waals surface area contributed by atoms with Crippen LogP contribution in [0.5, 0.6) is 0 Å². The monoisotopic (exact) mass is 474 g/mol. The van der Waals surface area contributed by atoms with Crippen LogP contribution in [0.15, 0.2) is 4.99 Å². The van der Waals surface area contributed by atoms with Crippen molar-refractivity contribution in [1.82, 2.24) is 10.2 Å². The third-order valence-corrected chi connectivity index (χ3v) is 3.35. The van der Waals surface area contributed by atoms with Crippen molar-refractivity contribution >= 4 is 30.2 Å². The number of carbonyl (C=O) groups is 4. The highest BCUT2D eigenvalue weighted by atomic mass is 16.6. The number of aliphatic imine (C=N–C) groups is 1. The largest absolute Gasteiger partial charge is 0.480 e. The van der Waals surface area contributed by atoms with Crippen molar-refractivity contribution in [2.45, 2.75) is 98.0 Å². The van der Waals surface area contributed by atoms with E-state index in [2.05, 4.69) is 10.3 Å². The van der Waals surface area contributed by atoms with Crippen LogP contribution in [-0.2, 0) is 19.0 Å². The molecule has 0 rings (SSSR count). The zero-order valence-corrected chi connectivity index (χ0v) is 21.0. The molecule has 0 heterocycles. The molecule has 0 bridgehead atoms. The van der Waals surface area contributed by atoms with Crippen LogP contribution in [-0.4, -0.2) is 69.6 Å². The molecule has 0 aromatic carbocycles. The van der Waals surface area contributed by atoms with Gasteiger partial charge in [-0.1, -0.05) is 0 Å². The van der Waals surface area contributed by atoms with Gasteiger partial charge in [0, 0.05) is 6.54 Å². The van der Waals surface area contributed by atoms with Gasteiger partial charge in [-0.15, -0.1) is 4.99 Å². The van der Waals surface area contributed by atoms with Crippen LogP contribution in [0, 0.1) is 0 Å². The van der Waals surface area contributed by atoms with E-state index in [1.807, 2.05) is 0 Å². The van der Waals surface area contributed by atoms with Gasteiger partial charge in [0.1, 0.15) is 22.8 Å². The van der Waals surface area contributed by atoms with Crippen LogP contribution in [0.2, 0.25) is 0 Å². The van der Waals surface area contributed by atoms with Crippen molar-refractivity contribution < 1.29 is 38.5 Å². The fraction of sp³-hybridized carbons (Fsp3) is 0.762. The summed E-state index contributed by atoms with van der Waals surface area (Å²) in [6.45, 7) is 14.7. The average Bonchev–Trinajstić information content (AvgIpc) is 2.51. The maximum Gasteiger partial charge on any atom is 0.437 e. The van der Waals surface area contributed by atoms with E-state index in [0.29, 0.717) is 0 Å². The van der Waals surface area contributed by atoms with Gasteiger partial charge in [-0.05, 0) is 75.2 Å². The molecule has 0 aliphatic heterocycles. The lowest BCUT2D eigenvalue weighted by molar-refractivity contribution is -0.139. The molecule has 12 nitrogen and oxygen atoms in total. The van der Waals surface area contributed by atoms with Gasteiger partial charge in [0.05, 0.1) is 0 Å². The number of rotatable bonds is 6. The fourth-order valence-electron chi connectivity index (χ4n) is 2.22. The summed E-state index contributed by atoms with van der Waals surface area (Å²) in [5.41, 5.74) is 3.38. The third-order valence-electron chi connectivity index (χ3n) is 3.35. The van der Waals surface area contributed by atoms with Gasteiger partial charge in [-0.3, -0.25) is 0 Å². The summed E-state index contributed by atoms with van der Waals surface area (Å²) >= 11 is 0. The number of ether oxygens (including phenoxy) is 3. The number of nitrogens with zero attached hydrogens (tertiary/aromatic N) is 2. The Hall–Kier alpha value is -3.05. The SMILES string of the molecule is CC(C)(C)OC(=O)/N=C(\N)N(CCC[C@H](NC(=O)OC(C)(C)C)C(=O)O)C(=O)OC(C)(C)C. The minimum atomic E-state index is -1.28. The van der Waals surface area contributed by atoms with Crippen LogP contribution < -0.4 is 11.1 Å². The first-order valence-corrected chi connectivity index (χ1v) is 10.5. The number of nitrogens with one attached hydrogen (secondary N) is 1. The van der Waals surface area contributed by atoms with Gasteiger partial charge in [-0.2, -0.15) is 0 Å². The first-order chi connectivity index (χ1) is 14.7. The number of carboxylic acid groups (broad SMARTS) is 1. The minimum absolute atomic E-state index is 0.0619. The van der Waals surface area contributed by atoms with Crippen LogP contribution in [0.3, 0.4) is 0 Å². The molecule has 12 heteroatoms. The van der Waals surface area contributed by atoms with Gasteiger partial charge in [-0.25, -0.2) is 24.1 Å². The summed E-state index contributed by atoms with van der Waals surface area (Å²) < 4.78 is 15.4. The number of hydrogen-bond acceptors (Lipinski definition) is 7. The molecule has 33 heavy (non-hydrogen) atoms. The van der Waals surface area contributed by atoms with Crippen LogP contribution in [0.4, 0.5) is 14.4 Å². The fourth-order valence-corrected chi connectivity index (χ4v) is 2.22. The van der Waals surface area contributed by atoms with Gasteiger partial charge in [0.15, 0.2) is 0 Å². The second kappa shape index (κ2) is 11.7. The molecule has 4 N–H and O–H groups in total. The van der Waals surface area contributed by atoms with Gasteiger partial charge in [0.25, 0.3) is 0 Å². The summed E-state index contributed by atoms with van der Waals surface area (Å²) in [4.78, 5) is 52.5. The lowest BCUT2D eigenvalue weighted by Crippen LogP contribution is -2.47. The number of carboxylic acids is 1. The Bertz CT molecular complexity index is 745. The van der Waals surface area contributed by atoms with E-state index in [1.165, 1.54) is 0 Å². The molecule has 0 fully saturated rings. The summed E-state index contributed by atoms with van der Waals surface area (Å²) in [6.07, 6.45) is -2.74. The van der Waals surface area contributed by atoms with Crippen LogP contribution in [0.25, 0.3) is 0 Å². The normalized spacial score (nSPS) is 13.5. The van der Waals surface area contributed by atoms with Gasteiger partial charge in [0.2, 0.25) is 5.96 Å². The van der Waals surface area contributed by atoms with Crippen molar-refractivity contribution in [1.29, 1.82) is 0 Å². The number of carbonyl (C=O) groups excluding carboxylic acids is 3. The quantitative estimate of drug-likeness (QED) is 0.297. The van der Waals surface area contributed by atoms with E-state index in [9.17, 15) is 24.3 Å². The standard InChI is InChI=1S/C21H38N4O8/c1-19(2,3)31-16(28)23-13(14(26)27)11-10-12-25(18(30)33-21(7,8)9)15(22)24-17(29)32-20(4,5)6/h13H,10-12H2,1-9H3,(H,23,28)(H,26,27)(H2,22,24,29)/t13-/m0/s1. The molecule has 0 spiro atoms. The van der Waals surface area contributed by atoms with Crippen LogP contribution >= 0.6 is 0 Å². The highest BCUT2D eigenvalue weighted by molar-refractivity contribution is 5.98. The molecule has 1 atom stereocenters. The molecule has 0 aliphatic rings. The maximum atomic E-state index is 12.6. The van der Waals surface area contributed by atoms with E-state index in [1.54, 1.807) is 62.3 Å². The van der Waals surface area contributed by atoms with Crippen LogP contribution in [0.1, 0.15) is 75.2 Å². The summed E-state index contributed by atoms with van der Waals surface area (Å²) in [5.74, 6) is -1.74. The molecule has 0 saturated carbocycles. The molecule has 3 amide bonds. The summed E-state index contributed by atoms with van der Waals surface area (Å²) in [7, 11) is 0. The van der Waals surface area contributed by atoms with E-state index >= 15 is 0 Å². The Labute approximate surface area is 194 Å². The van der Waals surface area contributed by atoms with E-state index < -0.39 is 53.1 Å². The number of amides is 3. The second-order valence-corrected chi connectivity index (χ2v) is 10.3. The number of nitrogens with two attached hydrogens (primary N) is 1. The number of guanidine groups is 1. The Kier molecular flexibility index (Phi) is 10.6.